The first-order chi connectivity index (χ1) is 9.22. The zero-order chi connectivity index (χ0) is 13.7. The first kappa shape index (κ1) is 14.0. The summed E-state index contributed by atoms with van der Waals surface area (Å²) in [5.41, 5.74) is 0.822. The summed E-state index contributed by atoms with van der Waals surface area (Å²) in [6, 6.07) is 5.40. The maximum atomic E-state index is 9.02. The van der Waals surface area contributed by atoms with E-state index in [1.54, 1.807) is 12.1 Å². The van der Waals surface area contributed by atoms with E-state index in [2.05, 4.69) is 33.0 Å². The second-order valence-corrected chi connectivity index (χ2v) is 4.92. The molecule has 0 amide bonds. The van der Waals surface area contributed by atoms with Crippen LogP contribution in [0.5, 0.6) is 5.75 Å². The second kappa shape index (κ2) is 6.68. The van der Waals surface area contributed by atoms with E-state index in [4.69, 9.17) is 14.4 Å². The van der Waals surface area contributed by atoms with E-state index in [1.807, 2.05) is 6.07 Å². The van der Waals surface area contributed by atoms with Crippen LogP contribution in [-0.2, 0) is 19.6 Å². The van der Waals surface area contributed by atoms with Crippen molar-refractivity contribution < 1.29 is 14.4 Å². The molecule has 0 bridgehead atoms. The lowest BCUT2D eigenvalue weighted by Crippen LogP contribution is -1.97. The Morgan fingerprint density at radius 3 is 2.95 bits per heavy atom. The molecule has 1 aromatic carbocycles. The fraction of sp³-hybridized carbons (Fsp3) is 0.385. The maximum absolute atomic E-state index is 9.02. The van der Waals surface area contributed by atoms with Gasteiger partial charge >= 0.3 is 0 Å². The second-order valence-electron chi connectivity index (χ2n) is 4.07. The summed E-state index contributed by atoms with van der Waals surface area (Å²) in [5, 5.41) is 12.9. The van der Waals surface area contributed by atoms with Gasteiger partial charge in [0, 0.05) is 6.42 Å². The van der Waals surface area contributed by atoms with Gasteiger partial charge in [0.1, 0.15) is 5.75 Å². The van der Waals surface area contributed by atoms with E-state index in [9.17, 15) is 0 Å². The van der Waals surface area contributed by atoms with E-state index >= 15 is 0 Å². The molecule has 2 aromatic rings. The lowest BCUT2D eigenvalue weighted by atomic mass is 10.2. The normalized spacial score (nSPS) is 10.7. The Balaban J connectivity index is 1.97. The minimum Gasteiger partial charge on any atom is -0.483 e. The third kappa shape index (κ3) is 3.78. The van der Waals surface area contributed by atoms with Gasteiger partial charge in [-0.05, 0) is 40.0 Å². The molecular formula is C13H15BrN2O3. The summed E-state index contributed by atoms with van der Waals surface area (Å²) in [6.07, 6.45) is 1.78. The molecular weight excluding hydrogens is 312 g/mol. The van der Waals surface area contributed by atoms with Gasteiger partial charge in [-0.25, -0.2) is 0 Å². The lowest BCUT2D eigenvalue weighted by Gasteiger charge is -2.06. The summed E-state index contributed by atoms with van der Waals surface area (Å²) in [6.45, 7) is 2.29. The summed E-state index contributed by atoms with van der Waals surface area (Å²) in [7, 11) is 0. The molecule has 1 heterocycles. The molecule has 0 atom stereocenters. The fourth-order valence-corrected chi connectivity index (χ4v) is 2.11. The standard InChI is InChI=1S/C13H15BrN2O3/c1-2-3-12-15-13(19-16-12)8-18-11-5-4-9(7-17)6-10(11)14/h4-6,17H,2-3,7-8H2,1H3. The number of aliphatic hydroxyl groups is 1. The van der Waals surface area contributed by atoms with Crippen molar-refractivity contribution in [3.05, 3.63) is 40.0 Å². The van der Waals surface area contributed by atoms with Crippen molar-refractivity contribution in [2.75, 3.05) is 0 Å². The minimum atomic E-state index is 0.00289. The Kier molecular flexibility index (Phi) is 4.93. The molecule has 0 aliphatic rings. The van der Waals surface area contributed by atoms with E-state index in [-0.39, 0.29) is 13.2 Å². The van der Waals surface area contributed by atoms with Crippen LogP contribution in [0.15, 0.2) is 27.2 Å². The molecule has 0 spiro atoms. The minimum absolute atomic E-state index is 0.00289. The van der Waals surface area contributed by atoms with Gasteiger partial charge in [-0.15, -0.1) is 0 Å². The number of rotatable bonds is 6. The van der Waals surface area contributed by atoms with E-state index in [0.717, 1.165) is 22.9 Å². The molecule has 2 rings (SSSR count). The average Bonchev–Trinajstić information content (AvgIpc) is 2.85. The number of aliphatic hydroxyl groups excluding tert-OH is 1. The summed E-state index contributed by atoms with van der Waals surface area (Å²) >= 11 is 3.39. The maximum Gasteiger partial charge on any atom is 0.264 e. The van der Waals surface area contributed by atoms with Crippen LogP contribution >= 0.6 is 15.9 Å². The van der Waals surface area contributed by atoms with Crippen LogP contribution in [-0.4, -0.2) is 15.2 Å². The van der Waals surface area contributed by atoms with Crippen molar-refractivity contribution in [2.24, 2.45) is 0 Å². The third-order valence-corrected chi connectivity index (χ3v) is 3.13. The number of benzene rings is 1. The topological polar surface area (TPSA) is 68.4 Å². The molecule has 0 aliphatic carbocycles. The summed E-state index contributed by atoms with van der Waals surface area (Å²) < 4.78 is 11.5. The van der Waals surface area contributed by atoms with Crippen LogP contribution in [0.4, 0.5) is 0 Å². The van der Waals surface area contributed by atoms with E-state index in [0.29, 0.717) is 17.5 Å². The molecule has 6 heteroatoms. The van der Waals surface area contributed by atoms with E-state index < -0.39 is 0 Å². The van der Waals surface area contributed by atoms with Gasteiger partial charge in [0.2, 0.25) is 0 Å². The first-order valence-electron chi connectivity index (χ1n) is 6.06. The van der Waals surface area contributed by atoms with Gasteiger partial charge in [0.05, 0.1) is 11.1 Å². The largest absolute Gasteiger partial charge is 0.483 e. The quantitative estimate of drug-likeness (QED) is 0.883. The molecule has 0 saturated heterocycles. The molecule has 0 aliphatic heterocycles. The highest BCUT2D eigenvalue weighted by Gasteiger charge is 2.08. The van der Waals surface area contributed by atoms with Crippen LogP contribution in [0.3, 0.4) is 0 Å². The predicted octanol–water partition coefficient (Wildman–Crippen LogP) is 2.86. The zero-order valence-corrected chi connectivity index (χ0v) is 12.2. The van der Waals surface area contributed by atoms with Crippen LogP contribution < -0.4 is 4.74 Å². The van der Waals surface area contributed by atoms with Crippen molar-refractivity contribution in [1.82, 2.24) is 10.1 Å². The number of hydrogen-bond acceptors (Lipinski definition) is 5. The monoisotopic (exact) mass is 326 g/mol. The summed E-state index contributed by atoms with van der Waals surface area (Å²) in [5.74, 6) is 1.84. The van der Waals surface area contributed by atoms with Gasteiger partial charge in [0.25, 0.3) is 5.89 Å². The van der Waals surface area contributed by atoms with Crippen LogP contribution in [0, 0.1) is 0 Å². The number of ether oxygens (including phenoxy) is 1. The Morgan fingerprint density at radius 2 is 2.26 bits per heavy atom. The van der Waals surface area contributed by atoms with Gasteiger partial charge in [0.15, 0.2) is 12.4 Å². The number of hydrogen-bond donors (Lipinski definition) is 1. The van der Waals surface area contributed by atoms with Crippen molar-refractivity contribution in [2.45, 2.75) is 33.0 Å². The Bertz CT molecular complexity index is 542. The number of aromatic nitrogens is 2. The molecule has 1 N–H and O–H groups in total. The van der Waals surface area contributed by atoms with Crippen LogP contribution in [0.2, 0.25) is 0 Å². The van der Waals surface area contributed by atoms with Crippen molar-refractivity contribution in [3.63, 3.8) is 0 Å². The molecule has 5 nitrogen and oxygen atoms in total. The molecule has 0 fully saturated rings. The molecule has 102 valence electrons. The highest BCUT2D eigenvalue weighted by Crippen LogP contribution is 2.26. The number of nitrogens with zero attached hydrogens (tertiary/aromatic N) is 2. The molecule has 0 radical (unpaired) electrons. The van der Waals surface area contributed by atoms with Gasteiger partial charge in [-0.3, -0.25) is 0 Å². The van der Waals surface area contributed by atoms with Crippen molar-refractivity contribution in [3.8, 4) is 5.75 Å². The highest BCUT2D eigenvalue weighted by molar-refractivity contribution is 9.10. The zero-order valence-electron chi connectivity index (χ0n) is 10.6. The Morgan fingerprint density at radius 1 is 1.42 bits per heavy atom. The predicted molar refractivity (Wildman–Crippen MR) is 72.7 cm³/mol. The lowest BCUT2D eigenvalue weighted by molar-refractivity contribution is 0.241. The molecule has 19 heavy (non-hydrogen) atoms. The van der Waals surface area contributed by atoms with Gasteiger partial charge in [-0.2, -0.15) is 4.98 Å². The first-order valence-corrected chi connectivity index (χ1v) is 6.85. The SMILES string of the molecule is CCCc1noc(COc2ccc(CO)cc2Br)n1. The highest BCUT2D eigenvalue weighted by atomic mass is 79.9. The Hall–Kier alpha value is -1.40. The molecule has 1 aromatic heterocycles. The number of halogens is 1. The number of aryl methyl sites for hydroxylation is 1. The van der Waals surface area contributed by atoms with Gasteiger partial charge in [-0.1, -0.05) is 18.1 Å². The van der Waals surface area contributed by atoms with E-state index in [1.165, 1.54) is 0 Å². The smallest absolute Gasteiger partial charge is 0.264 e. The fourth-order valence-electron chi connectivity index (χ4n) is 1.57. The van der Waals surface area contributed by atoms with Gasteiger partial charge < -0.3 is 14.4 Å². The average molecular weight is 327 g/mol. The van der Waals surface area contributed by atoms with Crippen molar-refractivity contribution in [1.29, 1.82) is 0 Å². The van der Waals surface area contributed by atoms with Crippen LogP contribution in [0.1, 0.15) is 30.6 Å². The van der Waals surface area contributed by atoms with Crippen molar-refractivity contribution >= 4 is 15.9 Å². The Labute approximate surface area is 119 Å². The summed E-state index contributed by atoms with van der Waals surface area (Å²) in [4.78, 5) is 4.22. The van der Waals surface area contributed by atoms with Crippen LogP contribution in [0.25, 0.3) is 0 Å². The molecule has 0 unspecified atom stereocenters. The molecule has 0 saturated carbocycles. The third-order valence-electron chi connectivity index (χ3n) is 2.51.